The minimum atomic E-state index is -0.982. The molecule has 0 spiro atoms. The van der Waals surface area contributed by atoms with Crippen LogP contribution in [0.25, 0.3) is 0 Å². The van der Waals surface area contributed by atoms with Gasteiger partial charge >= 0.3 is 23.9 Å². The van der Waals surface area contributed by atoms with Crippen molar-refractivity contribution in [3.63, 3.8) is 0 Å². The van der Waals surface area contributed by atoms with Crippen LogP contribution in [0.5, 0.6) is 5.75 Å². The van der Waals surface area contributed by atoms with Crippen molar-refractivity contribution >= 4 is 23.9 Å². The second-order valence-corrected chi connectivity index (χ2v) is 19.6. The molecular weight excluding hydrogens is 869 g/mol. The summed E-state index contributed by atoms with van der Waals surface area (Å²) >= 11 is 0. The van der Waals surface area contributed by atoms with Crippen LogP contribution in [0, 0.1) is 0 Å². The van der Waals surface area contributed by atoms with Gasteiger partial charge in [-0.1, -0.05) is 12.1 Å². The molecule has 0 bridgehead atoms. The molecule has 1 aromatic carbocycles. The van der Waals surface area contributed by atoms with E-state index < -0.39 is 64.8 Å². The quantitative estimate of drug-likeness (QED) is 0.0792. The van der Waals surface area contributed by atoms with Crippen molar-refractivity contribution in [2.45, 2.75) is 129 Å². The van der Waals surface area contributed by atoms with Gasteiger partial charge in [0.15, 0.2) is 0 Å². The van der Waals surface area contributed by atoms with Gasteiger partial charge in [0.05, 0.1) is 77.8 Å². The molecule has 1 heterocycles. The first-order valence-electron chi connectivity index (χ1n) is 23.7. The van der Waals surface area contributed by atoms with Gasteiger partial charge in [0, 0.05) is 59.0 Å². The van der Waals surface area contributed by atoms with Crippen molar-refractivity contribution in [2.75, 3.05) is 127 Å². The zero-order chi connectivity index (χ0) is 50.2. The fourth-order valence-corrected chi connectivity index (χ4v) is 7.38. The molecule has 4 atom stereocenters. The van der Waals surface area contributed by atoms with Gasteiger partial charge in [0.1, 0.15) is 36.5 Å². The van der Waals surface area contributed by atoms with Crippen LogP contribution in [0.2, 0.25) is 0 Å². The number of carbonyl (C=O) groups excluding carboxylic acids is 3. The number of aryl methyl sites for hydroxylation is 1. The van der Waals surface area contributed by atoms with E-state index in [0.717, 1.165) is 5.56 Å². The summed E-state index contributed by atoms with van der Waals surface area (Å²) in [4.78, 5) is 61.9. The average Bonchev–Trinajstić information content (AvgIpc) is 3.25. The normalized spacial score (nSPS) is 17.6. The number of hydrogen-bond acceptors (Lipinski definition) is 17. The topological polar surface area (TPSA) is 185 Å². The highest BCUT2D eigenvalue weighted by molar-refractivity contribution is 5.77. The third-order valence-electron chi connectivity index (χ3n) is 11.1. The maximum Gasteiger partial charge on any atom is 0.325 e. The second-order valence-electron chi connectivity index (χ2n) is 19.6. The fourth-order valence-electron chi connectivity index (χ4n) is 7.38. The number of carboxylic acids is 1. The summed E-state index contributed by atoms with van der Waals surface area (Å²) in [5.74, 6) is -1.77. The maximum atomic E-state index is 13.6. The molecule has 1 saturated heterocycles. The number of benzene rings is 1. The molecule has 18 heteroatoms. The summed E-state index contributed by atoms with van der Waals surface area (Å²) in [5, 5.41) is 10.9. The number of carboxylic acid groups (broad SMARTS) is 1. The molecule has 0 aliphatic carbocycles. The van der Waals surface area contributed by atoms with Crippen molar-refractivity contribution in [3.05, 3.63) is 29.8 Å². The van der Waals surface area contributed by atoms with Crippen LogP contribution in [0.3, 0.4) is 0 Å². The minimum Gasteiger partial charge on any atom is -0.491 e. The van der Waals surface area contributed by atoms with E-state index in [2.05, 4.69) is 0 Å². The smallest absolute Gasteiger partial charge is 0.325 e. The fraction of sp³-hybridized carbons (Fsp3) is 0.796. The van der Waals surface area contributed by atoms with Crippen LogP contribution < -0.4 is 4.74 Å². The number of esters is 3. The van der Waals surface area contributed by atoms with E-state index in [4.69, 9.17) is 42.6 Å². The lowest BCUT2D eigenvalue weighted by Crippen LogP contribution is -2.58. The van der Waals surface area contributed by atoms with Gasteiger partial charge in [0.25, 0.3) is 0 Å². The molecule has 1 aliphatic heterocycles. The Kier molecular flexibility index (Phi) is 26.9. The van der Waals surface area contributed by atoms with Crippen molar-refractivity contribution in [2.24, 2.45) is 0 Å². The first-order valence-corrected chi connectivity index (χ1v) is 23.7. The predicted molar refractivity (Wildman–Crippen MR) is 254 cm³/mol. The SMILES string of the molecule is CCOCCOCCOc1ccc(CCC[C@@H](C(=O)O)N2CCN([C@H](COC(C)(C)C)C(=O)OC)CCN([C@@H](COC(C)(C)C)C(=O)OC)CCN([C@@H](COC(C)(C)C)C(=O)OC)CC2)cc1. The van der Waals surface area contributed by atoms with Gasteiger partial charge in [-0.2, -0.15) is 0 Å². The van der Waals surface area contributed by atoms with Crippen molar-refractivity contribution in [3.8, 4) is 5.75 Å². The maximum absolute atomic E-state index is 13.6. The Hall–Kier alpha value is -3.46. The summed E-state index contributed by atoms with van der Waals surface area (Å²) in [7, 11) is 3.99. The molecule has 67 heavy (non-hydrogen) atoms. The Morgan fingerprint density at radius 2 is 0.881 bits per heavy atom. The Bertz CT molecular complexity index is 1530. The van der Waals surface area contributed by atoms with Gasteiger partial charge in [-0.25, -0.2) is 0 Å². The largest absolute Gasteiger partial charge is 0.491 e. The molecule has 0 radical (unpaired) electrons. The summed E-state index contributed by atoms with van der Waals surface area (Å²) in [6.07, 6.45) is 1.54. The van der Waals surface area contributed by atoms with Crippen LogP contribution in [0.15, 0.2) is 24.3 Å². The number of aliphatic carboxylic acids is 1. The van der Waals surface area contributed by atoms with E-state index in [9.17, 15) is 24.3 Å². The van der Waals surface area contributed by atoms with E-state index in [1.54, 1.807) is 0 Å². The molecule has 18 nitrogen and oxygen atoms in total. The van der Waals surface area contributed by atoms with E-state index in [0.29, 0.717) is 58.0 Å². The lowest BCUT2D eigenvalue weighted by atomic mass is 10.0. The van der Waals surface area contributed by atoms with E-state index in [1.165, 1.54) is 21.3 Å². The standard InChI is InChI=1S/C49H86N4O14/c1-14-62-30-31-63-32-33-64-38-20-18-37(19-21-38)16-15-17-39(43(54)55)50-22-24-51(40(44(56)59-11)34-65-47(2,3)4)26-28-53(42(46(58)61-13)36-67-49(8,9)10)29-27-52(25-23-50)41(45(57)60-12)35-66-48(5,6)7/h18-21,39-42H,14-17,22-36H2,1-13H3,(H,54,55)/t39-,40-,41+,42-/m0/s1. The third-order valence-corrected chi connectivity index (χ3v) is 11.1. The van der Waals surface area contributed by atoms with E-state index in [-0.39, 0.29) is 72.2 Å². The van der Waals surface area contributed by atoms with Crippen LogP contribution in [0.1, 0.15) is 87.6 Å². The van der Waals surface area contributed by atoms with Crippen LogP contribution in [0.4, 0.5) is 0 Å². The molecule has 1 N–H and O–H groups in total. The second kappa shape index (κ2) is 30.2. The minimum absolute atomic E-state index is 0.0144. The Morgan fingerprint density at radius 1 is 0.537 bits per heavy atom. The monoisotopic (exact) mass is 955 g/mol. The Labute approximate surface area is 401 Å². The lowest BCUT2D eigenvalue weighted by Gasteiger charge is -2.41. The number of hydrogen-bond donors (Lipinski definition) is 1. The number of rotatable bonds is 26. The molecular formula is C49H86N4O14. The summed E-state index contributed by atoms with van der Waals surface area (Å²) in [5.41, 5.74) is -0.680. The molecule has 0 aromatic heterocycles. The zero-order valence-corrected chi connectivity index (χ0v) is 43.1. The number of methoxy groups -OCH3 is 3. The number of ether oxygens (including phenoxy) is 9. The van der Waals surface area contributed by atoms with Crippen molar-refractivity contribution in [1.82, 2.24) is 19.6 Å². The van der Waals surface area contributed by atoms with Crippen molar-refractivity contribution < 1.29 is 66.9 Å². The summed E-state index contributed by atoms with van der Waals surface area (Å²) in [6.45, 7) is 23.7. The molecule has 1 fully saturated rings. The number of nitrogens with zero attached hydrogens (tertiary/aromatic N) is 4. The molecule has 386 valence electrons. The third kappa shape index (κ3) is 24.1. The van der Waals surface area contributed by atoms with Crippen molar-refractivity contribution in [1.29, 1.82) is 0 Å². The van der Waals surface area contributed by atoms with Crippen LogP contribution >= 0.6 is 0 Å². The zero-order valence-electron chi connectivity index (χ0n) is 43.1. The molecule has 0 unspecified atom stereocenters. The highest BCUT2D eigenvalue weighted by Gasteiger charge is 2.37. The molecule has 0 amide bonds. The lowest BCUT2D eigenvalue weighted by molar-refractivity contribution is -0.157. The van der Waals surface area contributed by atoms with Gasteiger partial charge in [-0.05, 0) is 106 Å². The summed E-state index contributed by atoms with van der Waals surface area (Å²) < 4.78 is 51.2. The number of carbonyl (C=O) groups is 4. The first kappa shape index (κ1) is 59.7. The van der Waals surface area contributed by atoms with E-state index in [1.807, 2.05) is 113 Å². The van der Waals surface area contributed by atoms with Crippen LogP contribution in [-0.2, 0) is 63.5 Å². The first-order chi connectivity index (χ1) is 31.5. The highest BCUT2D eigenvalue weighted by atomic mass is 16.6. The molecule has 2 rings (SSSR count). The molecule has 1 aromatic rings. The average molecular weight is 955 g/mol. The molecule has 0 saturated carbocycles. The highest BCUT2D eigenvalue weighted by Crippen LogP contribution is 2.20. The van der Waals surface area contributed by atoms with E-state index >= 15 is 0 Å². The van der Waals surface area contributed by atoms with Gasteiger partial charge < -0.3 is 47.7 Å². The van der Waals surface area contributed by atoms with Gasteiger partial charge in [0.2, 0.25) is 0 Å². The Balaban J connectivity index is 2.56. The van der Waals surface area contributed by atoms with Gasteiger partial charge in [-0.3, -0.25) is 38.8 Å². The Morgan fingerprint density at radius 3 is 1.21 bits per heavy atom. The summed E-state index contributed by atoms with van der Waals surface area (Å²) in [6, 6.07) is 4.32. The predicted octanol–water partition coefficient (Wildman–Crippen LogP) is 4.19. The van der Waals surface area contributed by atoms with Gasteiger partial charge in [-0.15, -0.1) is 0 Å². The van der Waals surface area contributed by atoms with Crippen LogP contribution in [-0.4, -0.2) is 216 Å². The molecule has 1 aliphatic rings.